The van der Waals surface area contributed by atoms with Gasteiger partial charge in [-0.2, -0.15) is 0 Å². The van der Waals surface area contributed by atoms with Crippen molar-refractivity contribution in [1.82, 2.24) is 4.90 Å². The molecule has 5 rings (SSSR count). The highest BCUT2D eigenvalue weighted by Gasteiger charge is 2.57. The summed E-state index contributed by atoms with van der Waals surface area (Å²) in [5.41, 5.74) is 2.18. The first-order chi connectivity index (χ1) is 17.5. The third-order valence-electron chi connectivity index (χ3n) is 7.87. The average Bonchev–Trinajstić information content (AvgIpc) is 2.91. The minimum atomic E-state index is -1.37. The number of fused-ring (bicyclic) bond motifs is 1. The third-order valence-corrected chi connectivity index (χ3v) is 8.92. The van der Waals surface area contributed by atoms with Crippen LogP contribution in [-0.2, 0) is 23.2 Å². The normalized spacial score (nSPS) is 22.3. The molecule has 1 amide bonds. The molecule has 0 radical (unpaired) electrons. The molecule has 1 saturated carbocycles. The number of carbonyl (C=O) groups is 2. The lowest BCUT2D eigenvalue weighted by atomic mass is 9.63. The Morgan fingerprint density at radius 1 is 0.944 bits per heavy atom. The number of halogens is 1. The quantitative estimate of drug-likeness (QED) is 0.349. The van der Waals surface area contributed by atoms with Crippen LogP contribution in [0, 0.1) is 3.57 Å². The van der Waals surface area contributed by atoms with Gasteiger partial charge in [0.25, 0.3) is 5.91 Å². The van der Waals surface area contributed by atoms with Gasteiger partial charge in [-0.15, -0.1) is 0 Å². The van der Waals surface area contributed by atoms with Gasteiger partial charge in [0, 0.05) is 15.2 Å². The SMILES string of the molecule is O=C1c2ccccc2[C@](Cc2ccccc2I)(C(=O)O)[C@H](c2ccc(CO)cc2)N1C1CCCCC1. The zero-order valence-corrected chi connectivity index (χ0v) is 22.2. The molecule has 186 valence electrons. The zero-order valence-electron chi connectivity index (χ0n) is 20.1. The van der Waals surface area contributed by atoms with Gasteiger partial charge in [-0.3, -0.25) is 9.59 Å². The Hall–Kier alpha value is -2.71. The lowest BCUT2D eigenvalue weighted by Gasteiger charge is -2.52. The van der Waals surface area contributed by atoms with Crippen molar-refractivity contribution in [1.29, 1.82) is 0 Å². The van der Waals surface area contributed by atoms with Crippen molar-refractivity contribution in [3.05, 3.63) is 104 Å². The van der Waals surface area contributed by atoms with Crippen LogP contribution in [0.4, 0.5) is 0 Å². The maximum Gasteiger partial charge on any atom is 0.316 e. The molecule has 0 spiro atoms. The van der Waals surface area contributed by atoms with Gasteiger partial charge in [0.1, 0.15) is 5.41 Å². The molecule has 3 aromatic carbocycles. The first-order valence-corrected chi connectivity index (χ1v) is 13.6. The Morgan fingerprint density at radius 2 is 1.61 bits per heavy atom. The number of aliphatic hydroxyl groups excluding tert-OH is 1. The van der Waals surface area contributed by atoms with E-state index in [0.717, 1.165) is 52.4 Å². The Kier molecular flexibility index (Phi) is 7.17. The van der Waals surface area contributed by atoms with Gasteiger partial charge < -0.3 is 15.1 Å². The minimum absolute atomic E-state index is 0.0179. The first-order valence-electron chi connectivity index (χ1n) is 12.6. The summed E-state index contributed by atoms with van der Waals surface area (Å²) in [6.45, 7) is -0.0919. The van der Waals surface area contributed by atoms with Gasteiger partial charge in [-0.1, -0.05) is 79.9 Å². The number of hydrogen-bond donors (Lipinski definition) is 2. The van der Waals surface area contributed by atoms with E-state index < -0.39 is 17.4 Å². The summed E-state index contributed by atoms with van der Waals surface area (Å²) in [5, 5.41) is 20.8. The second-order valence-corrected chi connectivity index (χ2v) is 11.1. The fraction of sp³-hybridized carbons (Fsp3) is 0.333. The molecule has 0 bridgehead atoms. The number of rotatable bonds is 6. The molecule has 1 heterocycles. The standard InChI is InChI=1S/C30H30INO4/c31-26-13-7-4-8-22(26)18-30(29(35)36)25-12-6-5-11-24(25)28(34)32(23-9-2-1-3-10-23)27(30)21-16-14-20(19-33)15-17-21/h4-8,11-17,23,27,33H,1-3,9-10,18-19H2,(H,35,36)/t27-,30-/m0/s1. The number of carboxylic acids is 1. The highest BCUT2D eigenvalue weighted by Crippen LogP contribution is 2.51. The van der Waals surface area contributed by atoms with Crippen LogP contribution in [0.25, 0.3) is 0 Å². The summed E-state index contributed by atoms with van der Waals surface area (Å²) >= 11 is 2.27. The number of amides is 1. The second-order valence-electron chi connectivity index (χ2n) is 9.90. The molecule has 36 heavy (non-hydrogen) atoms. The Morgan fingerprint density at radius 3 is 2.28 bits per heavy atom. The number of carbonyl (C=O) groups excluding carboxylic acids is 1. The van der Waals surface area contributed by atoms with E-state index in [2.05, 4.69) is 22.6 Å². The van der Waals surface area contributed by atoms with Crippen LogP contribution in [0.1, 0.15) is 70.8 Å². The number of hydrogen-bond acceptors (Lipinski definition) is 3. The third kappa shape index (κ3) is 4.24. The summed E-state index contributed by atoms with van der Waals surface area (Å²) in [4.78, 5) is 29.7. The van der Waals surface area contributed by atoms with Gasteiger partial charge >= 0.3 is 5.97 Å². The molecule has 5 nitrogen and oxygen atoms in total. The fourth-order valence-corrected chi connectivity index (χ4v) is 6.71. The molecule has 0 saturated heterocycles. The van der Waals surface area contributed by atoms with Crippen molar-refractivity contribution in [2.75, 3.05) is 0 Å². The highest BCUT2D eigenvalue weighted by atomic mass is 127. The van der Waals surface area contributed by atoms with E-state index >= 15 is 0 Å². The van der Waals surface area contributed by atoms with E-state index in [1.807, 2.05) is 71.6 Å². The molecule has 1 aliphatic carbocycles. The van der Waals surface area contributed by atoms with Crippen LogP contribution in [-0.4, -0.2) is 33.0 Å². The van der Waals surface area contributed by atoms with E-state index in [4.69, 9.17) is 0 Å². The van der Waals surface area contributed by atoms with E-state index in [9.17, 15) is 19.8 Å². The molecular weight excluding hydrogens is 565 g/mol. The summed E-state index contributed by atoms with van der Waals surface area (Å²) in [6.07, 6.45) is 5.21. The van der Waals surface area contributed by atoms with Crippen molar-refractivity contribution in [2.45, 2.75) is 62.6 Å². The van der Waals surface area contributed by atoms with Crippen molar-refractivity contribution < 1.29 is 19.8 Å². The van der Waals surface area contributed by atoms with Crippen molar-refractivity contribution in [2.24, 2.45) is 0 Å². The summed E-state index contributed by atoms with van der Waals surface area (Å²) in [5.74, 6) is -1.02. The molecule has 2 atom stereocenters. The van der Waals surface area contributed by atoms with Crippen molar-refractivity contribution in [3.8, 4) is 0 Å². The zero-order chi connectivity index (χ0) is 25.3. The molecule has 0 unspecified atom stereocenters. The number of nitrogens with zero attached hydrogens (tertiary/aromatic N) is 1. The topological polar surface area (TPSA) is 77.8 Å². The summed E-state index contributed by atoms with van der Waals surface area (Å²) in [6, 6.07) is 21.9. The van der Waals surface area contributed by atoms with Crippen LogP contribution in [0.5, 0.6) is 0 Å². The van der Waals surface area contributed by atoms with Crippen molar-refractivity contribution >= 4 is 34.5 Å². The largest absolute Gasteiger partial charge is 0.480 e. The highest BCUT2D eigenvalue weighted by molar-refractivity contribution is 14.1. The van der Waals surface area contributed by atoms with E-state index in [1.165, 1.54) is 0 Å². The Labute approximate surface area is 225 Å². The van der Waals surface area contributed by atoms with Gasteiger partial charge in [0.05, 0.1) is 12.6 Å². The Balaban J connectivity index is 1.80. The lowest BCUT2D eigenvalue weighted by Crippen LogP contribution is -2.59. The van der Waals surface area contributed by atoms with Crippen LogP contribution >= 0.6 is 22.6 Å². The van der Waals surface area contributed by atoms with E-state index in [-0.39, 0.29) is 25.0 Å². The molecule has 0 aromatic heterocycles. The van der Waals surface area contributed by atoms with Gasteiger partial charge in [-0.25, -0.2) is 0 Å². The molecule has 3 aromatic rings. The number of carboxylic acid groups (broad SMARTS) is 1. The van der Waals surface area contributed by atoms with E-state index in [0.29, 0.717) is 11.1 Å². The smallest absolute Gasteiger partial charge is 0.316 e. The monoisotopic (exact) mass is 595 g/mol. The van der Waals surface area contributed by atoms with Crippen molar-refractivity contribution in [3.63, 3.8) is 0 Å². The average molecular weight is 595 g/mol. The fourth-order valence-electron chi connectivity index (χ4n) is 6.13. The van der Waals surface area contributed by atoms with Crippen LogP contribution in [0.3, 0.4) is 0 Å². The van der Waals surface area contributed by atoms with Crippen LogP contribution < -0.4 is 0 Å². The predicted octanol–water partition coefficient (Wildman–Crippen LogP) is 5.88. The predicted molar refractivity (Wildman–Crippen MR) is 147 cm³/mol. The lowest BCUT2D eigenvalue weighted by molar-refractivity contribution is -0.148. The summed E-state index contributed by atoms with van der Waals surface area (Å²) in [7, 11) is 0. The molecule has 2 N–H and O–H groups in total. The van der Waals surface area contributed by atoms with Gasteiger partial charge in [-0.05, 0) is 76.2 Å². The molecule has 1 fully saturated rings. The van der Waals surface area contributed by atoms with Gasteiger partial charge in [0.15, 0.2) is 0 Å². The Bertz CT molecular complexity index is 1270. The minimum Gasteiger partial charge on any atom is -0.480 e. The number of aliphatic hydroxyl groups is 1. The number of benzene rings is 3. The van der Waals surface area contributed by atoms with Crippen LogP contribution in [0.15, 0.2) is 72.8 Å². The molecule has 2 aliphatic rings. The maximum absolute atomic E-state index is 14.1. The first kappa shape index (κ1) is 25.0. The van der Waals surface area contributed by atoms with Crippen LogP contribution in [0.2, 0.25) is 0 Å². The second kappa shape index (κ2) is 10.3. The maximum atomic E-state index is 14.1. The van der Waals surface area contributed by atoms with E-state index in [1.54, 1.807) is 6.07 Å². The molecular formula is C30H30INO4. The summed E-state index contributed by atoms with van der Waals surface area (Å²) < 4.78 is 1.00. The molecule has 6 heteroatoms. The van der Waals surface area contributed by atoms with Gasteiger partial charge in [0.2, 0.25) is 0 Å². The number of aliphatic carboxylic acids is 1. The molecule has 1 aliphatic heterocycles.